The van der Waals surface area contributed by atoms with Gasteiger partial charge in [0, 0.05) is 13.7 Å². The van der Waals surface area contributed by atoms with Crippen molar-refractivity contribution in [3.8, 4) is 0 Å². The summed E-state index contributed by atoms with van der Waals surface area (Å²) in [6, 6.07) is 8.48. The van der Waals surface area contributed by atoms with Crippen LogP contribution in [-0.4, -0.2) is 26.4 Å². The molecule has 1 aromatic rings. The summed E-state index contributed by atoms with van der Waals surface area (Å²) in [5, 5.41) is 3.32. The Bertz CT molecular complexity index is 315. The Morgan fingerprint density at radius 3 is 2.76 bits per heavy atom. The fourth-order valence-corrected chi connectivity index (χ4v) is 1.62. The third-order valence-electron chi connectivity index (χ3n) is 2.51. The van der Waals surface area contributed by atoms with Crippen molar-refractivity contribution in [2.45, 2.75) is 33.1 Å². The molecule has 0 radical (unpaired) electrons. The predicted molar refractivity (Wildman–Crippen MR) is 69.9 cm³/mol. The predicted octanol–water partition coefficient (Wildman–Crippen LogP) is 2.35. The van der Waals surface area contributed by atoms with E-state index in [4.69, 9.17) is 9.47 Å². The van der Waals surface area contributed by atoms with E-state index in [0.29, 0.717) is 13.2 Å². The number of rotatable bonds is 8. The van der Waals surface area contributed by atoms with E-state index in [1.165, 1.54) is 11.1 Å². The van der Waals surface area contributed by atoms with E-state index in [9.17, 15) is 0 Å². The Morgan fingerprint density at radius 1 is 1.29 bits per heavy atom. The minimum Gasteiger partial charge on any atom is -0.382 e. The van der Waals surface area contributed by atoms with E-state index in [2.05, 4.69) is 36.5 Å². The molecule has 0 aliphatic heterocycles. The zero-order valence-corrected chi connectivity index (χ0v) is 11.0. The molecule has 17 heavy (non-hydrogen) atoms. The van der Waals surface area contributed by atoms with Crippen LogP contribution in [0, 0.1) is 0 Å². The van der Waals surface area contributed by atoms with Gasteiger partial charge in [-0.2, -0.15) is 0 Å². The monoisotopic (exact) mass is 237 g/mol. The van der Waals surface area contributed by atoms with Gasteiger partial charge in [0.1, 0.15) is 0 Å². The topological polar surface area (TPSA) is 30.5 Å². The zero-order chi connectivity index (χ0) is 12.5. The van der Waals surface area contributed by atoms with Gasteiger partial charge in [-0.15, -0.1) is 0 Å². The molecule has 1 unspecified atom stereocenters. The van der Waals surface area contributed by atoms with Crippen molar-refractivity contribution < 1.29 is 9.47 Å². The highest BCUT2D eigenvalue weighted by Crippen LogP contribution is 2.08. The van der Waals surface area contributed by atoms with Crippen LogP contribution >= 0.6 is 0 Å². The molecule has 0 spiro atoms. The van der Waals surface area contributed by atoms with Crippen LogP contribution in [0.1, 0.15) is 25.0 Å². The quantitative estimate of drug-likeness (QED) is 0.753. The normalized spacial score (nSPS) is 12.6. The Hall–Kier alpha value is -0.900. The van der Waals surface area contributed by atoms with Crippen molar-refractivity contribution in [1.29, 1.82) is 0 Å². The number of benzene rings is 1. The van der Waals surface area contributed by atoms with Crippen LogP contribution in [0.25, 0.3) is 0 Å². The highest BCUT2D eigenvalue weighted by atomic mass is 16.5. The third-order valence-corrected chi connectivity index (χ3v) is 2.51. The molecule has 1 rings (SSSR count). The molecule has 1 aromatic carbocycles. The van der Waals surface area contributed by atoms with Crippen LogP contribution in [0.3, 0.4) is 0 Å². The van der Waals surface area contributed by atoms with Crippen molar-refractivity contribution in [2.75, 3.05) is 20.3 Å². The van der Waals surface area contributed by atoms with Crippen molar-refractivity contribution in [3.63, 3.8) is 0 Å². The number of hydrogen-bond donors (Lipinski definition) is 1. The molecule has 3 nitrogen and oxygen atoms in total. The zero-order valence-electron chi connectivity index (χ0n) is 11.0. The van der Waals surface area contributed by atoms with Crippen molar-refractivity contribution in [2.24, 2.45) is 0 Å². The van der Waals surface area contributed by atoms with Crippen molar-refractivity contribution >= 4 is 0 Å². The van der Waals surface area contributed by atoms with Gasteiger partial charge in [-0.3, -0.25) is 0 Å². The highest BCUT2D eigenvalue weighted by Gasteiger charge is 2.02. The molecule has 96 valence electrons. The van der Waals surface area contributed by atoms with Crippen LogP contribution < -0.4 is 5.32 Å². The first-order chi connectivity index (χ1) is 8.26. The van der Waals surface area contributed by atoms with E-state index in [1.807, 2.05) is 6.92 Å². The summed E-state index contributed by atoms with van der Waals surface area (Å²) in [7, 11) is 1.69. The second kappa shape index (κ2) is 8.23. The Morgan fingerprint density at radius 2 is 2.06 bits per heavy atom. The van der Waals surface area contributed by atoms with Gasteiger partial charge in [-0.1, -0.05) is 31.2 Å². The maximum absolute atomic E-state index is 5.68. The van der Waals surface area contributed by atoms with E-state index >= 15 is 0 Å². The Labute approximate surface area is 104 Å². The molecule has 1 N–H and O–H groups in total. The fraction of sp³-hybridized carbons (Fsp3) is 0.571. The summed E-state index contributed by atoms with van der Waals surface area (Å²) in [5.74, 6) is 0. The lowest BCUT2D eigenvalue weighted by atomic mass is 10.1. The summed E-state index contributed by atoms with van der Waals surface area (Å²) in [4.78, 5) is 0. The Kier molecular flexibility index (Phi) is 6.86. The lowest BCUT2D eigenvalue weighted by Gasteiger charge is -2.12. The number of ether oxygens (including phenoxy) is 2. The van der Waals surface area contributed by atoms with E-state index in [0.717, 1.165) is 13.1 Å². The van der Waals surface area contributed by atoms with Crippen molar-refractivity contribution in [1.82, 2.24) is 5.32 Å². The van der Waals surface area contributed by atoms with E-state index in [1.54, 1.807) is 7.11 Å². The summed E-state index contributed by atoms with van der Waals surface area (Å²) < 4.78 is 10.7. The van der Waals surface area contributed by atoms with Crippen LogP contribution in [0.2, 0.25) is 0 Å². The van der Waals surface area contributed by atoms with Gasteiger partial charge in [0.2, 0.25) is 0 Å². The van der Waals surface area contributed by atoms with Crippen LogP contribution in [0.15, 0.2) is 24.3 Å². The van der Waals surface area contributed by atoms with Gasteiger partial charge in [-0.05, 0) is 24.6 Å². The van der Waals surface area contributed by atoms with Crippen molar-refractivity contribution in [3.05, 3.63) is 35.4 Å². The molecule has 0 aromatic heterocycles. The van der Waals surface area contributed by atoms with Gasteiger partial charge >= 0.3 is 0 Å². The molecule has 0 fully saturated rings. The maximum atomic E-state index is 5.68. The highest BCUT2D eigenvalue weighted by molar-refractivity contribution is 5.22. The summed E-state index contributed by atoms with van der Waals surface area (Å²) in [5.41, 5.74) is 2.51. The molecule has 1 atom stereocenters. The molecular formula is C14H23NO2. The lowest BCUT2D eigenvalue weighted by molar-refractivity contribution is -0.000145. The molecule has 0 saturated carbocycles. The second-order valence-electron chi connectivity index (χ2n) is 4.18. The van der Waals surface area contributed by atoms with E-state index in [-0.39, 0.29) is 6.10 Å². The molecule has 0 aliphatic carbocycles. The fourth-order valence-electron chi connectivity index (χ4n) is 1.62. The van der Waals surface area contributed by atoms with Gasteiger partial charge < -0.3 is 14.8 Å². The standard InChI is InChI=1S/C14H23NO2/c1-4-15-9-13-6-5-7-14(8-13)11-17-12(2)10-16-3/h5-8,12,15H,4,9-11H2,1-3H3. The number of nitrogens with one attached hydrogen (secondary N) is 1. The van der Waals surface area contributed by atoms with Gasteiger partial charge in [-0.25, -0.2) is 0 Å². The Balaban J connectivity index is 2.42. The maximum Gasteiger partial charge on any atom is 0.0784 e. The molecule has 0 amide bonds. The SMILES string of the molecule is CCNCc1cccc(COC(C)COC)c1. The second-order valence-corrected chi connectivity index (χ2v) is 4.18. The smallest absolute Gasteiger partial charge is 0.0784 e. The van der Waals surface area contributed by atoms with Gasteiger partial charge in [0.15, 0.2) is 0 Å². The lowest BCUT2D eigenvalue weighted by Crippen LogP contribution is -2.15. The molecule has 0 heterocycles. The first-order valence-electron chi connectivity index (χ1n) is 6.15. The summed E-state index contributed by atoms with van der Waals surface area (Å²) in [6.07, 6.45) is 0.137. The summed E-state index contributed by atoms with van der Waals surface area (Å²) in [6.45, 7) is 7.32. The van der Waals surface area contributed by atoms with E-state index < -0.39 is 0 Å². The largest absolute Gasteiger partial charge is 0.382 e. The average molecular weight is 237 g/mol. The molecular weight excluding hydrogens is 214 g/mol. The molecule has 0 bridgehead atoms. The van der Waals surface area contributed by atoms with Gasteiger partial charge in [0.05, 0.1) is 19.3 Å². The minimum absolute atomic E-state index is 0.137. The number of methoxy groups -OCH3 is 1. The molecule has 0 aliphatic rings. The van der Waals surface area contributed by atoms with Gasteiger partial charge in [0.25, 0.3) is 0 Å². The first kappa shape index (κ1) is 14.2. The summed E-state index contributed by atoms with van der Waals surface area (Å²) >= 11 is 0. The molecule has 0 saturated heterocycles. The third kappa shape index (κ3) is 5.82. The average Bonchev–Trinajstić information content (AvgIpc) is 2.35. The molecule has 3 heteroatoms. The number of hydrogen-bond acceptors (Lipinski definition) is 3. The van der Waals surface area contributed by atoms with Crippen LogP contribution in [0.4, 0.5) is 0 Å². The van der Waals surface area contributed by atoms with Crippen LogP contribution in [0.5, 0.6) is 0 Å². The first-order valence-corrected chi connectivity index (χ1v) is 6.15. The van der Waals surface area contributed by atoms with Crippen LogP contribution in [-0.2, 0) is 22.6 Å². The minimum atomic E-state index is 0.137.